The van der Waals surface area contributed by atoms with Crippen molar-refractivity contribution in [3.05, 3.63) is 16.1 Å². The molecule has 114 valence electrons. The van der Waals surface area contributed by atoms with E-state index >= 15 is 0 Å². The van der Waals surface area contributed by atoms with Gasteiger partial charge < -0.3 is 5.32 Å². The van der Waals surface area contributed by atoms with Gasteiger partial charge in [-0.1, -0.05) is 0 Å². The van der Waals surface area contributed by atoms with Crippen molar-refractivity contribution in [2.24, 2.45) is 0 Å². The van der Waals surface area contributed by atoms with Crippen LogP contribution in [0.3, 0.4) is 0 Å². The van der Waals surface area contributed by atoms with E-state index in [1.165, 1.54) is 0 Å². The molecule has 0 amide bonds. The monoisotopic (exact) mass is 327 g/mol. The average molecular weight is 328 g/mol. The van der Waals surface area contributed by atoms with Crippen molar-refractivity contribution in [2.45, 2.75) is 44.1 Å². The molecular formula is C12H17ClF3N3S. The Balaban J connectivity index is 0.00000147. The first-order valence-electron chi connectivity index (χ1n) is 6.52. The fourth-order valence-corrected chi connectivity index (χ4v) is 3.80. The maximum atomic E-state index is 12.6. The highest BCUT2D eigenvalue weighted by molar-refractivity contribution is 7.11. The predicted molar refractivity (Wildman–Crippen MR) is 74.2 cm³/mol. The van der Waals surface area contributed by atoms with Crippen LogP contribution in [0.2, 0.25) is 0 Å². The first-order valence-corrected chi connectivity index (χ1v) is 7.34. The zero-order valence-electron chi connectivity index (χ0n) is 10.8. The van der Waals surface area contributed by atoms with E-state index in [0.717, 1.165) is 49.9 Å². The van der Waals surface area contributed by atoms with Crippen molar-refractivity contribution in [1.82, 2.24) is 15.2 Å². The fourth-order valence-electron chi connectivity index (χ4n) is 3.01. The summed E-state index contributed by atoms with van der Waals surface area (Å²) in [6.45, 7) is 2.50. The highest BCUT2D eigenvalue weighted by Crippen LogP contribution is 2.35. The summed E-state index contributed by atoms with van der Waals surface area (Å²) in [5.74, 6) is 0. The summed E-state index contributed by atoms with van der Waals surface area (Å²) in [5.41, 5.74) is 0. The quantitative estimate of drug-likeness (QED) is 0.905. The fraction of sp³-hybridized carbons (Fsp3) is 0.750. The summed E-state index contributed by atoms with van der Waals surface area (Å²) in [4.78, 5) is 5.68. The second-order valence-corrected chi connectivity index (χ2v) is 6.28. The molecule has 1 aromatic heterocycles. The van der Waals surface area contributed by atoms with Crippen LogP contribution >= 0.6 is 23.7 Å². The second kappa shape index (κ2) is 6.17. The third kappa shape index (κ3) is 3.27. The topological polar surface area (TPSA) is 28.2 Å². The van der Waals surface area contributed by atoms with Crippen LogP contribution in [0.5, 0.6) is 0 Å². The molecule has 0 saturated carbocycles. The minimum atomic E-state index is -4.27. The van der Waals surface area contributed by atoms with Gasteiger partial charge in [0.2, 0.25) is 0 Å². The number of hydrogen-bond acceptors (Lipinski definition) is 4. The summed E-state index contributed by atoms with van der Waals surface area (Å²) >= 11 is 0.774. The Morgan fingerprint density at radius 2 is 2.05 bits per heavy atom. The molecule has 2 aliphatic rings. The van der Waals surface area contributed by atoms with Gasteiger partial charge in [-0.05, 0) is 25.8 Å². The van der Waals surface area contributed by atoms with Gasteiger partial charge in [-0.3, -0.25) is 4.90 Å². The lowest BCUT2D eigenvalue weighted by Gasteiger charge is -2.26. The lowest BCUT2D eigenvalue weighted by molar-refractivity contribution is -0.134. The highest BCUT2D eigenvalue weighted by atomic mass is 35.5. The van der Waals surface area contributed by atoms with Crippen LogP contribution in [-0.2, 0) is 12.7 Å². The van der Waals surface area contributed by atoms with Gasteiger partial charge >= 0.3 is 6.18 Å². The molecule has 2 atom stereocenters. The summed E-state index contributed by atoms with van der Waals surface area (Å²) in [5, 5.41) is 3.96. The zero-order chi connectivity index (χ0) is 13.5. The molecule has 2 fully saturated rings. The Morgan fingerprint density at radius 3 is 2.75 bits per heavy atom. The Bertz CT molecular complexity index is 437. The van der Waals surface area contributed by atoms with E-state index in [1.807, 2.05) is 0 Å². The Morgan fingerprint density at radius 1 is 1.30 bits per heavy atom. The van der Waals surface area contributed by atoms with Gasteiger partial charge in [-0.2, -0.15) is 13.2 Å². The highest BCUT2D eigenvalue weighted by Gasteiger charge is 2.37. The van der Waals surface area contributed by atoms with E-state index in [1.54, 1.807) is 0 Å². The molecule has 2 unspecified atom stereocenters. The molecule has 2 aliphatic heterocycles. The number of fused-ring (bicyclic) bond motifs is 2. The maximum absolute atomic E-state index is 12.6. The molecular weight excluding hydrogens is 311 g/mol. The summed E-state index contributed by atoms with van der Waals surface area (Å²) in [6, 6.07) is 0.948. The lowest BCUT2D eigenvalue weighted by atomic mass is 10.1. The minimum Gasteiger partial charge on any atom is -0.315 e. The Labute approximate surface area is 126 Å². The first-order chi connectivity index (χ1) is 9.04. The number of nitrogens with one attached hydrogen (secondary N) is 1. The summed E-state index contributed by atoms with van der Waals surface area (Å²) in [7, 11) is 0. The molecule has 2 saturated heterocycles. The molecule has 0 radical (unpaired) electrons. The average Bonchev–Trinajstić information content (AvgIpc) is 2.84. The third-order valence-electron chi connectivity index (χ3n) is 3.96. The number of hydrogen-bond donors (Lipinski definition) is 1. The molecule has 3 rings (SSSR count). The van der Waals surface area contributed by atoms with Crippen molar-refractivity contribution < 1.29 is 13.2 Å². The molecule has 20 heavy (non-hydrogen) atoms. The van der Waals surface area contributed by atoms with E-state index < -0.39 is 11.1 Å². The molecule has 0 aromatic carbocycles. The standard InChI is InChI=1S/C12H16F3N3S.ClH/c13-12(14,15)10-6-17-11(19-10)7-18-8-1-2-9(18)5-16-4-3-8;/h6,8-9,16H,1-5,7H2;1H. The molecule has 0 aliphatic carbocycles. The van der Waals surface area contributed by atoms with Crippen molar-refractivity contribution in [3.63, 3.8) is 0 Å². The van der Waals surface area contributed by atoms with Gasteiger partial charge in [0.25, 0.3) is 0 Å². The number of thiazole rings is 1. The van der Waals surface area contributed by atoms with Gasteiger partial charge in [0, 0.05) is 18.6 Å². The van der Waals surface area contributed by atoms with E-state index in [-0.39, 0.29) is 12.4 Å². The van der Waals surface area contributed by atoms with Gasteiger partial charge in [-0.25, -0.2) is 4.98 Å². The number of rotatable bonds is 2. The van der Waals surface area contributed by atoms with E-state index in [0.29, 0.717) is 23.6 Å². The molecule has 1 aromatic rings. The number of halogens is 4. The van der Waals surface area contributed by atoms with Crippen molar-refractivity contribution in [1.29, 1.82) is 0 Å². The van der Waals surface area contributed by atoms with Crippen LogP contribution in [-0.4, -0.2) is 35.1 Å². The van der Waals surface area contributed by atoms with Gasteiger partial charge in [0.15, 0.2) is 0 Å². The van der Waals surface area contributed by atoms with Crippen LogP contribution in [0.1, 0.15) is 29.1 Å². The van der Waals surface area contributed by atoms with Gasteiger partial charge in [-0.15, -0.1) is 23.7 Å². The third-order valence-corrected chi connectivity index (χ3v) is 4.98. The summed E-state index contributed by atoms with van der Waals surface area (Å²) < 4.78 is 37.7. The van der Waals surface area contributed by atoms with Gasteiger partial charge in [0.05, 0.1) is 12.7 Å². The van der Waals surface area contributed by atoms with Crippen molar-refractivity contribution in [3.8, 4) is 0 Å². The van der Waals surface area contributed by atoms with E-state index in [4.69, 9.17) is 0 Å². The van der Waals surface area contributed by atoms with Crippen molar-refractivity contribution in [2.75, 3.05) is 13.1 Å². The predicted octanol–water partition coefficient (Wildman–Crippen LogP) is 2.91. The molecule has 3 heterocycles. The number of alkyl halides is 3. The van der Waals surface area contributed by atoms with Crippen LogP contribution in [0.25, 0.3) is 0 Å². The van der Waals surface area contributed by atoms with Crippen LogP contribution in [0.4, 0.5) is 13.2 Å². The van der Waals surface area contributed by atoms with Crippen LogP contribution < -0.4 is 5.32 Å². The number of nitrogens with zero attached hydrogens (tertiary/aromatic N) is 2. The second-order valence-electron chi connectivity index (χ2n) is 5.17. The van der Waals surface area contributed by atoms with Crippen LogP contribution in [0.15, 0.2) is 6.20 Å². The molecule has 0 spiro atoms. The van der Waals surface area contributed by atoms with Crippen molar-refractivity contribution >= 4 is 23.7 Å². The largest absolute Gasteiger partial charge is 0.427 e. The van der Waals surface area contributed by atoms with E-state index in [2.05, 4.69) is 15.2 Å². The minimum absolute atomic E-state index is 0. The van der Waals surface area contributed by atoms with Crippen LogP contribution in [0, 0.1) is 0 Å². The normalized spacial score (nSPS) is 27.1. The molecule has 2 bridgehead atoms. The zero-order valence-corrected chi connectivity index (χ0v) is 12.5. The Kier molecular flexibility index (Phi) is 4.94. The number of aromatic nitrogens is 1. The molecule has 3 nitrogen and oxygen atoms in total. The molecule has 1 N–H and O–H groups in total. The molecule has 8 heteroatoms. The summed E-state index contributed by atoms with van der Waals surface area (Å²) in [6.07, 6.45) is 0.0558. The lowest BCUT2D eigenvalue weighted by Crippen LogP contribution is -2.37. The SMILES string of the molecule is Cl.FC(F)(F)c1cnc(CN2C3CCNCC2CC3)s1. The van der Waals surface area contributed by atoms with E-state index in [9.17, 15) is 13.2 Å². The smallest absolute Gasteiger partial charge is 0.315 e. The maximum Gasteiger partial charge on any atom is 0.427 e. The van der Waals surface area contributed by atoms with Gasteiger partial charge in [0.1, 0.15) is 9.88 Å². The first kappa shape index (κ1) is 16.0. The Hall–Kier alpha value is -0.370.